The van der Waals surface area contributed by atoms with Crippen LogP contribution in [-0.2, 0) is 0 Å². The van der Waals surface area contributed by atoms with E-state index in [0.29, 0.717) is 11.8 Å². The molecule has 1 aliphatic carbocycles. The van der Waals surface area contributed by atoms with Crippen LogP contribution in [0.15, 0.2) is 40.9 Å². The Labute approximate surface area is 86.4 Å². The molecule has 0 spiro atoms. The first-order valence-corrected chi connectivity index (χ1v) is 4.71. The number of benzene rings is 1. The van der Waals surface area contributed by atoms with Gasteiger partial charge >= 0.3 is 0 Å². The van der Waals surface area contributed by atoms with Gasteiger partial charge in [-0.3, -0.25) is 0 Å². The summed E-state index contributed by atoms with van der Waals surface area (Å²) in [5.74, 6) is 1.15. The molecule has 4 nitrogen and oxygen atoms in total. The van der Waals surface area contributed by atoms with Gasteiger partial charge in [0.05, 0.1) is 0 Å². The summed E-state index contributed by atoms with van der Waals surface area (Å²) in [7, 11) is 0. The molecule has 0 atom stereocenters. The van der Waals surface area contributed by atoms with E-state index in [-0.39, 0.29) is 5.95 Å². The van der Waals surface area contributed by atoms with E-state index in [1.165, 1.54) is 5.56 Å². The molecule has 1 aromatic heterocycles. The summed E-state index contributed by atoms with van der Waals surface area (Å²) in [6.07, 6.45) is 4.30. The van der Waals surface area contributed by atoms with Gasteiger partial charge in [-0.1, -0.05) is 24.3 Å². The molecule has 1 aromatic carbocycles. The fourth-order valence-electron chi connectivity index (χ4n) is 1.48. The number of rotatable bonds is 2. The molecule has 4 heteroatoms. The quantitative estimate of drug-likeness (QED) is 0.751. The Balaban J connectivity index is 1.92. The van der Waals surface area contributed by atoms with Crippen LogP contribution in [0.2, 0.25) is 0 Å². The standard InChI is InChI=1S/C11H9N3O/c12-11-13-10(15-14-11)9-5-3-8(4-6-9)7-1-2-7/h1-7H,(H2,12,14). The number of anilines is 1. The van der Waals surface area contributed by atoms with Crippen molar-refractivity contribution in [3.05, 3.63) is 42.0 Å². The second kappa shape index (κ2) is 2.95. The number of nitrogens with two attached hydrogens (primary N) is 1. The van der Waals surface area contributed by atoms with Gasteiger partial charge < -0.3 is 10.3 Å². The smallest absolute Gasteiger partial charge is 0.261 e. The Morgan fingerprint density at radius 2 is 1.87 bits per heavy atom. The summed E-state index contributed by atoms with van der Waals surface area (Å²) in [4.78, 5) is 3.96. The van der Waals surface area contributed by atoms with Crippen LogP contribution in [0.4, 0.5) is 5.95 Å². The maximum atomic E-state index is 5.38. The first kappa shape index (κ1) is 8.23. The van der Waals surface area contributed by atoms with Crippen LogP contribution in [0.1, 0.15) is 11.5 Å². The first-order chi connectivity index (χ1) is 7.33. The molecule has 0 amide bonds. The highest BCUT2D eigenvalue weighted by atomic mass is 16.5. The Kier molecular flexibility index (Phi) is 1.62. The third-order valence-corrected chi connectivity index (χ3v) is 2.37. The molecule has 0 saturated carbocycles. The molecule has 3 rings (SSSR count). The number of hydrogen-bond acceptors (Lipinski definition) is 4. The highest BCUT2D eigenvalue weighted by molar-refractivity contribution is 5.55. The third-order valence-electron chi connectivity index (χ3n) is 2.37. The summed E-state index contributed by atoms with van der Waals surface area (Å²) in [6.45, 7) is 0. The lowest BCUT2D eigenvalue weighted by molar-refractivity contribution is 0.433. The Bertz CT molecular complexity index is 507. The van der Waals surface area contributed by atoms with Crippen LogP contribution in [0.5, 0.6) is 0 Å². The zero-order valence-corrected chi connectivity index (χ0v) is 7.92. The lowest BCUT2D eigenvalue weighted by Gasteiger charge is -1.98. The minimum atomic E-state index is 0.165. The highest BCUT2D eigenvalue weighted by Crippen LogP contribution is 2.30. The summed E-state index contributed by atoms with van der Waals surface area (Å²) in [6, 6.07) is 8.03. The molecule has 0 saturated heterocycles. The van der Waals surface area contributed by atoms with E-state index in [0.717, 1.165) is 5.56 Å². The minimum Gasteiger partial charge on any atom is -0.365 e. The van der Waals surface area contributed by atoms with Gasteiger partial charge in [-0.25, -0.2) is 0 Å². The van der Waals surface area contributed by atoms with Gasteiger partial charge in [0, 0.05) is 11.5 Å². The zero-order valence-electron chi connectivity index (χ0n) is 7.92. The van der Waals surface area contributed by atoms with Crippen LogP contribution in [0.3, 0.4) is 0 Å². The van der Waals surface area contributed by atoms with Gasteiger partial charge in [-0.15, -0.1) is 0 Å². The maximum absolute atomic E-state index is 5.38. The van der Waals surface area contributed by atoms with E-state index in [1.54, 1.807) is 0 Å². The lowest BCUT2D eigenvalue weighted by atomic mass is 10.1. The van der Waals surface area contributed by atoms with Gasteiger partial charge in [0.1, 0.15) is 0 Å². The Morgan fingerprint density at radius 1 is 1.13 bits per heavy atom. The average Bonchev–Trinajstić information content (AvgIpc) is 3.02. The molecule has 74 valence electrons. The van der Waals surface area contributed by atoms with E-state index in [4.69, 9.17) is 10.3 Å². The number of allylic oxidation sites excluding steroid dienone is 2. The first-order valence-electron chi connectivity index (χ1n) is 4.71. The maximum Gasteiger partial charge on any atom is 0.261 e. The molecule has 0 fully saturated rings. The zero-order chi connectivity index (χ0) is 10.3. The minimum absolute atomic E-state index is 0.165. The van der Waals surface area contributed by atoms with E-state index in [9.17, 15) is 0 Å². The lowest BCUT2D eigenvalue weighted by Crippen LogP contribution is -1.86. The Hall–Kier alpha value is -2.10. The van der Waals surface area contributed by atoms with Gasteiger partial charge in [0.15, 0.2) is 0 Å². The fourth-order valence-corrected chi connectivity index (χ4v) is 1.48. The van der Waals surface area contributed by atoms with Crippen molar-refractivity contribution in [3.63, 3.8) is 0 Å². The van der Waals surface area contributed by atoms with E-state index in [2.05, 4.69) is 34.4 Å². The molecule has 1 aliphatic rings. The molecule has 0 radical (unpaired) electrons. The van der Waals surface area contributed by atoms with Crippen molar-refractivity contribution in [2.75, 3.05) is 5.73 Å². The second-order valence-electron chi connectivity index (χ2n) is 3.49. The van der Waals surface area contributed by atoms with Crippen molar-refractivity contribution in [3.8, 4) is 11.5 Å². The number of hydrogen-bond donors (Lipinski definition) is 1. The van der Waals surface area contributed by atoms with E-state index < -0.39 is 0 Å². The van der Waals surface area contributed by atoms with Crippen LogP contribution in [-0.4, -0.2) is 10.1 Å². The van der Waals surface area contributed by atoms with Crippen molar-refractivity contribution >= 4 is 5.95 Å². The topological polar surface area (TPSA) is 64.9 Å². The van der Waals surface area contributed by atoms with Crippen LogP contribution >= 0.6 is 0 Å². The van der Waals surface area contributed by atoms with E-state index >= 15 is 0 Å². The summed E-state index contributed by atoms with van der Waals surface area (Å²) in [5.41, 5.74) is 7.55. The molecule has 2 N–H and O–H groups in total. The summed E-state index contributed by atoms with van der Waals surface area (Å²) < 4.78 is 4.96. The monoisotopic (exact) mass is 199 g/mol. The van der Waals surface area contributed by atoms with Crippen LogP contribution in [0, 0.1) is 0 Å². The molecule has 2 aromatic rings. The molecule has 15 heavy (non-hydrogen) atoms. The van der Waals surface area contributed by atoms with E-state index in [1.807, 2.05) is 12.1 Å². The van der Waals surface area contributed by atoms with Crippen molar-refractivity contribution in [1.29, 1.82) is 0 Å². The average molecular weight is 199 g/mol. The van der Waals surface area contributed by atoms with Gasteiger partial charge in [0.25, 0.3) is 11.8 Å². The van der Waals surface area contributed by atoms with Crippen LogP contribution < -0.4 is 5.73 Å². The second-order valence-corrected chi connectivity index (χ2v) is 3.49. The molecule has 0 bridgehead atoms. The van der Waals surface area contributed by atoms with Gasteiger partial charge in [-0.05, 0) is 22.9 Å². The summed E-state index contributed by atoms with van der Waals surface area (Å²) in [5, 5.41) is 3.54. The Morgan fingerprint density at radius 3 is 2.40 bits per heavy atom. The number of nitrogen functional groups attached to an aromatic ring is 1. The number of aromatic nitrogens is 2. The van der Waals surface area contributed by atoms with Crippen molar-refractivity contribution in [2.45, 2.75) is 5.92 Å². The molecule has 1 heterocycles. The predicted octanol–water partition coefficient (Wildman–Crippen LogP) is 1.97. The SMILES string of the molecule is Nc1noc(-c2ccc(C3C=C3)cc2)n1. The predicted molar refractivity (Wildman–Crippen MR) is 56.0 cm³/mol. The molecular formula is C11H9N3O. The number of nitrogens with zero attached hydrogens (tertiary/aromatic N) is 2. The normalized spacial score (nSPS) is 14.4. The molecule has 0 unspecified atom stereocenters. The largest absolute Gasteiger partial charge is 0.365 e. The van der Waals surface area contributed by atoms with Crippen molar-refractivity contribution < 1.29 is 4.52 Å². The molecular weight excluding hydrogens is 190 g/mol. The third kappa shape index (κ3) is 1.50. The highest BCUT2D eigenvalue weighted by Gasteiger charge is 2.14. The summed E-state index contributed by atoms with van der Waals surface area (Å²) >= 11 is 0. The van der Waals surface area contributed by atoms with Gasteiger partial charge in [0.2, 0.25) is 0 Å². The van der Waals surface area contributed by atoms with Crippen LogP contribution in [0.25, 0.3) is 11.5 Å². The van der Waals surface area contributed by atoms with Gasteiger partial charge in [-0.2, -0.15) is 4.98 Å². The van der Waals surface area contributed by atoms with Crippen molar-refractivity contribution in [1.82, 2.24) is 10.1 Å². The molecule has 0 aliphatic heterocycles. The van der Waals surface area contributed by atoms with Crippen molar-refractivity contribution in [2.24, 2.45) is 0 Å². The fraction of sp³-hybridized carbons (Fsp3) is 0.0909.